The molecule has 1 amide bonds. The van der Waals surface area contributed by atoms with Crippen LogP contribution in [0.4, 0.5) is 8.78 Å². The second-order valence-electron chi connectivity index (χ2n) is 6.23. The van der Waals surface area contributed by atoms with Gasteiger partial charge in [0.15, 0.2) is 11.6 Å². The van der Waals surface area contributed by atoms with E-state index in [1.807, 2.05) is 6.92 Å². The minimum Gasteiger partial charge on any atom is -0.349 e. The third-order valence-electron chi connectivity index (χ3n) is 4.98. The first kappa shape index (κ1) is 13.5. The molecule has 2 aliphatic carbocycles. The number of hydrogen-bond acceptors (Lipinski definition) is 1. The highest BCUT2D eigenvalue weighted by molar-refractivity contribution is 5.94. The number of amides is 1. The van der Waals surface area contributed by atoms with Gasteiger partial charge in [-0.1, -0.05) is 6.42 Å². The third-order valence-corrected chi connectivity index (χ3v) is 4.98. The second kappa shape index (κ2) is 5.15. The summed E-state index contributed by atoms with van der Waals surface area (Å²) in [6.45, 7) is 2.02. The van der Waals surface area contributed by atoms with E-state index in [0.29, 0.717) is 5.92 Å². The molecule has 0 aromatic heterocycles. The molecule has 108 valence electrons. The predicted octanol–water partition coefficient (Wildman–Crippen LogP) is 3.52. The zero-order valence-corrected chi connectivity index (χ0v) is 11.5. The van der Waals surface area contributed by atoms with Gasteiger partial charge in [-0.25, -0.2) is 8.78 Å². The van der Waals surface area contributed by atoms with Gasteiger partial charge < -0.3 is 5.32 Å². The number of hydrogen-bond donors (Lipinski definition) is 1. The zero-order valence-electron chi connectivity index (χ0n) is 11.5. The van der Waals surface area contributed by atoms with E-state index >= 15 is 0 Å². The van der Waals surface area contributed by atoms with Crippen LogP contribution in [0.25, 0.3) is 0 Å². The molecule has 1 aromatic rings. The summed E-state index contributed by atoms with van der Waals surface area (Å²) in [5.41, 5.74) is 0.180. The Morgan fingerprint density at radius 2 is 2.05 bits per heavy atom. The summed E-state index contributed by atoms with van der Waals surface area (Å²) in [6.07, 6.45) is 5.06. The topological polar surface area (TPSA) is 29.1 Å². The summed E-state index contributed by atoms with van der Waals surface area (Å²) in [7, 11) is 0. The summed E-state index contributed by atoms with van der Waals surface area (Å²) in [6, 6.07) is 3.36. The first-order valence-corrected chi connectivity index (χ1v) is 7.30. The summed E-state index contributed by atoms with van der Waals surface area (Å²) < 4.78 is 26.0. The third kappa shape index (κ3) is 2.43. The smallest absolute Gasteiger partial charge is 0.251 e. The molecule has 0 saturated heterocycles. The molecular weight excluding hydrogens is 260 g/mol. The molecule has 3 rings (SSSR count). The van der Waals surface area contributed by atoms with Gasteiger partial charge in [0, 0.05) is 11.6 Å². The van der Waals surface area contributed by atoms with E-state index in [9.17, 15) is 13.6 Å². The monoisotopic (exact) mass is 279 g/mol. The second-order valence-corrected chi connectivity index (χ2v) is 6.23. The normalized spacial score (nSPS) is 29.4. The molecule has 4 heteroatoms. The molecule has 0 heterocycles. The van der Waals surface area contributed by atoms with Crippen LogP contribution in [0, 0.1) is 29.4 Å². The number of benzene rings is 1. The molecule has 0 aliphatic heterocycles. The summed E-state index contributed by atoms with van der Waals surface area (Å²) >= 11 is 0. The maximum absolute atomic E-state index is 13.1. The molecule has 20 heavy (non-hydrogen) atoms. The van der Waals surface area contributed by atoms with Gasteiger partial charge in [0.2, 0.25) is 0 Å². The van der Waals surface area contributed by atoms with Crippen molar-refractivity contribution in [3.8, 4) is 0 Å². The fraction of sp³-hybridized carbons (Fsp3) is 0.562. The van der Waals surface area contributed by atoms with Crippen LogP contribution in [0.5, 0.6) is 0 Å². The van der Waals surface area contributed by atoms with Crippen molar-refractivity contribution in [1.29, 1.82) is 0 Å². The summed E-state index contributed by atoms with van der Waals surface area (Å²) in [4.78, 5) is 12.1. The number of halogens is 2. The molecule has 1 aromatic carbocycles. The van der Waals surface area contributed by atoms with Crippen LogP contribution in [0.3, 0.4) is 0 Å². The van der Waals surface area contributed by atoms with E-state index in [-0.39, 0.29) is 17.5 Å². The van der Waals surface area contributed by atoms with Gasteiger partial charge in [-0.2, -0.15) is 0 Å². The largest absolute Gasteiger partial charge is 0.349 e. The standard InChI is InChI=1S/C16H19F2NO/c1-9(13-7-10-2-3-11(13)6-10)19-16(20)12-4-5-14(17)15(18)8-12/h4-5,8-11,13H,2-3,6-7H2,1H3,(H,19,20). The maximum atomic E-state index is 13.1. The van der Waals surface area contributed by atoms with E-state index in [1.54, 1.807) is 0 Å². The average Bonchev–Trinajstić information content (AvgIpc) is 3.04. The van der Waals surface area contributed by atoms with E-state index < -0.39 is 11.6 Å². The Morgan fingerprint density at radius 1 is 1.25 bits per heavy atom. The number of nitrogens with one attached hydrogen (secondary N) is 1. The first-order chi connectivity index (χ1) is 9.54. The lowest BCUT2D eigenvalue weighted by atomic mass is 9.84. The Morgan fingerprint density at radius 3 is 2.65 bits per heavy atom. The molecule has 0 spiro atoms. The summed E-state index contributed by atoms with van der Waals surface area (Å²) in [5, 5.41) is 2.94. The SMILES string of the molecule is CC(NC(=O)c1ccc(F)c(F)c1)C1CC2CCC1C2. The van der Waals surface area contributed by atoms with Crippen LogP contribution in [0.2, 0.25) is 0 Å². The Hall–Kier alpha value is -1.45. The van der Waals surface area contributed by atoms with Gasteiger partial charge in [0.05, 0.1) is 0 Å². The number of fused-ring (bicyclic) bond motifs is 2. The van der Waals surface area contributed by atoms with Crippen LogP contribution in [0.1, 0.15) is 43.0 Å². The Labute approximate surface area is 117 Å². The number of rotatable bonds is 3. The lowest BCUT2D eigenvalue weighted by Gasteiger charge is -2.28. The minimum absolute atomic E-state index is 0.0888. The zero-order chi connectivity index (χ0) is 14.3. The quantitative estimate of drug-likeness (QED) is 0.901. The minimum atomic E-state index is -0.981. The molecule has 4 atom stereocenters. The van der Waals surface area contributed by atoms with E-state index in [2.05, 4.69) is 5.32 Å². The predicted molar refractivity (Wildman–Crippen MR) is 72.2 cm³/mol. The molecular formula is C16H19F2NO. The highest BCUT2D eigenvalue weighted by Crippen LogP contribution is 2.49. The molecule has 2 aliphatic rings. The van der Waals surface area contributed by atoms with Crippen molar-refractivity contribution >= 4 is 5.91 Å². The average molecular weight is 279 g/mol. The Balaban J connectivity index is 1.65. The molecule has 2 bridgehead atoms. The molecule has 4 unspecified atom stereocenters. The van der Waals surface area contributed by atoms with E-state index in [1.165, 1.54) is 31.7 Å². The van der Waals surface area contributed by atoms with Gasteiger partial charge in [-0.05, 0) is 62.1 Å². The van der Waals surface area contributed by atoms with Crippen molar-refractivity contribution in [3.63, 3.8) is 0 Å². The van der Waals surface area contributed by atoms with E-state index in [0.717, 1.165) is 24.0 Å². The van der Waals surface area contributed by atoms with Gasteiger partial charge >= 0.3 is 0 Å². The summed E-state index contributed by atoms with van der Waals surface area (Å²) in [5.74, 6) is -0.150. The molecule has 1 N–H and O–H groups in total. The Kier molecular flexibility index (Phi) is 3.48. The molecule has 2 saturated carbocycles. The molecule has 0 radical (unpaired) electrons. The molecule has 2 nitrogen and oxygen atoms in total. The van der Waals surface area contributed by atoms with Crippen molar-refractivity contribution in [2.75, 3.05) is 0 Å². The van der Waals surface area contributed by atoms with Gasteiger partial charge in [-0.3, -0.25) is 4.79 Å². The van der Waals surface area contributed by atoms with Crippen LogP contribution in [-0.2, 0) is 0 Å². The van der Waals surface area contributed by atoms with Crippen LogP contribution in [0.15, 0.2) is 18.2 Å². The lowest BCUT2D eigenvalue weighted by Crippen LogP contribution is -2.40. The van der Waals surface area contributed by atoms with Crippen molar-refractivity contribution in [3.05, 3.63) is 35.4 Å². The van der Waals surface area contributed by atoms with Crippen molar-refractivity contribution in [2.45, 2.75) is 38.6 Å². The highest BCUT2D eigenvalue weighted by atomic mass is 19.2. The van der Waals surface area contributed by atoms with Gasteiger partial charge in [-0.15, -0.1) is 0 Å². The van der Waals surface area contributed by atoms with Gasteiger partial charge in [0.25, 0.3) is 5.91 Å². The first-order valence-electron chi connectivity index (χ1n) is 7.30. The highest BCUT2D eigenvalue weighted by Gasteiger charge is 2.42. The van der Waals surface area contributed by atoms with Crippen LogP contribution in [-0.4, -0.2) is 11.9 Å². The Bertz CT molecular complexity index is 531. The maximum Gasteiger partial charge on any atom is 0.251 e. The van der Waals surface area contributed by atoms with Gasteiger partial charge in [0.1, 0.15) is 0 Å². The lowest BCUT2D eigenvalue weighted by molar-refractivity contribution is 0.0914. The van der Waals surface area contributed by atoms with Crippen LogP contribution >= 0.6 is 0 Å². The van der Waals surface area contributed by atoms with Crippen molar-refractivity contribution in [2.24, 2.45) is 17.8 Å². The number of carbonyl (C=O) groups is 1. The van der Waals surface area contributed by atoms with E-state index in [4.69, 9.17) is 0 Å². The van der Waals surface area contributed by atoms with Crippen molar-refractivity contribution < 1.29 is 13.6 Å². The van der Waals surface area contributed by atoms with Crippen molar-refractivity contribution in [1.82, 2.24) is 5.32 Å². The molecule has 2 fully saturated rings. The fourth-order valence-electron chi connectivity index (χ4n) is 3.94. The fourth-order valence-corrected chi connectivity index (χ4v) is 3.94. The van der Waals surface area contributed by atoms with Crippen LogP contribution < -0.4 is 5.32 Å². The number of carbonyl (C=O) groups excluding carboxylic acids is 1.